The van der Waals surface area contributed by atoms with Gasteiger partial charge in [-0.25, -0.2) is 13.2 Å². The third-order valence-corrected chi connectivity index (χ3v) is 11.1. The fourth-order valence-electron chi connectivity index (χ4n) is 5.95. The normalized spacial score (nSPS) is 15.7. The molecule has 3 aromatic rings. The van der Waals surface area contributed by atoms with Crippen molar-refractivity contribution in [1.29, 1.82) is 0 Å². The number of aliphatic hydroxyl groups is 1. The summed E-state index contributed by atoms with van der Waals surface area (Å²) in [4.78, 5) is 41.3. The van der Waals surface area contributed by atoms with Crippen LogP contribution in [-0.4, -0.2) is 100 Å². The van der Waals surface area contributed by atoms with E-state index in [0.29, 0.717) is 17.7 Å². The lowest BCUT2D eigenvalue weighted by molar-refractivity contribution is -0.380. The van der Waals surface area contributed by atoms with Gasteiger partial charge in [-0.2, -0.15) is 4.31 Å². The molecule has 0 radical (unpaired) electrons. The molecule has 3 atom stereocenters. The largest absolute Gasteiger partial charge is 0.411 e. The molecule has 0 bridgehead atoms. The van der Waals surface area contributed by atoms with Gasteiger partial charge in [-0.05, 0) is 47.1 Å². The summed E-state index contributed by atoms with van der Waals surface area (Å²) in [6.07, 6.45) is 0.0416. The Morgan fingerprint density at radius 1 is 1.08 bits per heavy atom. The Bertz CT molecular complexity index is 1750. The fourth-order valence-corrected chi connectivity index (χ4v) is 8.29. The van der Waals surface area contributed by atoms with Crippen molar-refractivity contribution < 1.29 is 33.2 Å². The highest BCUT2D eigenvalue weighted by molar-refractivity contribution is 7.89. The lowest BCUT2D eigenvalue weighted by Gasteiger charge is -2.34. The lowest BCUT2D eigenvalue weighted by Crippen LogP contribution is -2.57. The molecule has 4 rings (SSSR count). The molecule has 14 nitrogen and oxygen atoms in total. The van der Waals surface area contributed by atoms with Crippen LogP contribution in [0.5, 0.6) is 0 Å². The first-order valence-electron chi connectivity index (χ1n) is 16.3. The summed E-state index contributed by atoms with van der Waals surface area (Å²) in [5.41, 5.74) is 1.94. The Hall–Kier alpha value is -4.38. The van der Waals surface area contributed by atoms with E-state index >= 15 is 0 Å². The molecule has 16 heteroatoms. The average Bonchev–Trinajstić information content (AvgIpc) is 3.68. The Morgan fingerprint density at radius 2 is 1.76 bits per heavy atom. The molecule has 1 aliphatic rings. The zero-order valence-electron chi connectivity index (χ0n) is 28.5. The maximum Gasteiger partial charge on any atom is 0.324 e. The molecule has 1 aromatic heterocycles. The number of sulfonamides is 1. The minimum absolute atomic E-state index is 0.00175. The molecule has 3 amide bonds. The van der Waals surface area contributed by atoms with E-state index < -0.39 is 39.0 Å². The van der Waals surface area contributed by atoms with Crippen LogP contribution in [-0.2, 0) is 27.8 Å². The number of carbonyl (C=O) groups is 2. The van der Waals surface area contributed by atoms with Crippen molar-refractivity contribution in [2.24, 2.45) is 17.0 Å². The van der Waals surface area contributed by atoms with E-state index in [-0.39, 0.29) is 60.4 Å². The molecule has 1 aliphatic heterocycles. The van der Waals surface area contributed by atoms with Crippen molar-refractivity contribution in [2.45, 2.75) is 63.7 Å². The molecule has 1 saturated heterocycles. The minimum Gasteiger partial charge on any atom is -0.411 e. The summed E-state index contributed by atoms with van der Waals surface area (Å²) in [6, 6.07) is 14.3. The van der Waals surface area contributed by atoms with Crippen LogP contribution in [0.1, 0.15) is 44.4 Å². The second-order valence-corrected chi connectivity index (χ2v) is 15.9. The SMILES string of the molecule is CC(C)CN(C[C@@H](O)[C@H](Cc1ccccc1)NC(=O)[C@H](C(C)C)N1CCN(Cc2csc([N+](=O)[O-])c2)C1=O)S(=O)(=O)c1ccc(/C=N/O)cc1. The summed E-state index contributed by atoms with van der Waals surface area (Å²) in [6.45, 7) is 7.91. The van der Waals surface area contributed by atoms with Crippen LogP contribution in [0.3, 0.4) is 0 Å². The van der Waals surface area contributed by atoms with Gasteiger partial charge < -0.3 is 25.4 Å². The van der Waals surface area contributed by atoms with Crippen LogP contribution in [0.25, 0.3) is 0 Å². The molecule has 0 unspecified atom stereocenters. The molecule has 0 aliphatic carbocycles. The van der Waals surface area contributed by atoms with Crippen LogP contribution in [0.2, 0.25) is 0 Å². The Labute approximate surface area is 296 Å². The summed E-state index contributed by atoms with van der Waals surface area (Å²) in [5.74, 6) is -0.886. The number of urea groups is 1. The van der Waals surface area contributed by atoms with E-state index in [9.17, 15) is 33.2 Å². The second kappa shape index (κ2) is 17.0. The van der Waals surface area contributed by atoms with Crippen molar-refractivity contribution in [2.75, 3.05) is 26.2 Å². The van der Waals surface area contributed by atoms with Crippen molar-refractivity contribution in [3.05, 3.63) is 92.8 Å². The molecule has 2 heterocycles. The highest BCUT2D eigenvalue weighted by Gasteiger charge is 2.40. The predicted octanol–water partition coefficient (Wildman–Crippen LogP) is 4.16. The van der Waals surface area contributed by atoms with Crippen LogP contribution >= 0.6 is 11.3 Å². The van der Waals surface area contributed by atoms with Gasteiger partial charge >= 0.3 is 11.0 Å². The topological polar surface area (TPSA) is 186 Å². The van der Waals surface area contributed by atoms with Gasteiger partial charge in [0.1, 0.15) is 6.04 Å². The molecule has 1 fully saturated rings. The number of thiophene rings is 1. The molecule has 2 aromatic carbocycles. The lowest BCUT2D eigenvalue weighted by atomic mass is 9.97. The number of rotatable bonds is 17. The van der Waals surface area contributed by atoms with Gasteiger partial charge in [-0.15, -0.1) is 0 Å². The van der Waals surface area contributed by atoms with Crippen molar-refractivity contribution >= 4 is 44.5 Å². The first-order valence-corrected chi connectivity index (χ1v) is 18.6. The second-order valence-electron chi connectivity index (χ2n) is 13.0. The first-order chi connectivity index (χ1) is 23.7. The van der Waals surface area contributed by atoms with Gasteiger partial charge in [0.05, 0.1) is 28.2 Å². The fraction of sp³-hybridized carbons (Fsp3) is 0.441. The number of aliphatic hydroxyl groups excluding tert-OH is 1. The van der Waals surface area contributed by atoms with Gasteiger partial charge in [0, 0.05) is 44.2 Å². The summed E-state index contributed by atoms with van der Waals surface area (Å²) < 4.78 is 28.9. The standard InChI is InChI=1S/C34H44N6O8S2/c1-23(2)19-38(50(47,48)28-12-10-26(11-13-28)18-35-44)21-30(41)29(16-25-8-6-5-7-9-25)36-33(42)32(24(3)4)39-15-14-37(34(39)43)20-27-17-31(40(45)46)49-22-27/h5-13,17-18,22-24,29-30,32,41,44H,14-16,19-21H2,1-4H3,(H,36,42)/b35-18+/t29-,30+,32-/m0/s1. The molecule has 270 valence electrons. The van der Waals surface area contributed by atoms with Crippen molar-refractivity contribution in [3.63, 3.8) is 0 Å². The van der Waals surface area contributed by atoms with Gasteiger partial charge in [0.15, 0.2) is 0 Å². The molecule has 3 N–H and O–H groups in total. The van der Waals surface area contributed by atoms with E-state index in [1.807, 2.05) is 58.0 Å². The van der Waals surface area contributed by atoms with Crippen LogP contribution < -0.4 is 5.32 Å². The number of benzene rings is 2. The van der Waals surface area contributed by atoms with Gasteiger partial charge in [-0.1, -0.05) is 86.7 Å². The molecular formula is C34H44N6O8S2. The number of nitrogens with zero attached hydrogens (tertiary/aromatic N) is 5. The number of carbonyl (C=O) groups excluding carboxylic acids is 2. The van der Waals surface area contributed by atoms with Gasteiger partial charge in [-0.3, -0.25) is 14.9 Å². The number of oxime groups is 1. The monoisotopic (exact) mass is 728 g/mol. The van der Waals surface area contributed by atoms with Gasteiger partial charge in [0.2, 0.25) is 15.9 Å². The average molecular weight is 729 g/mol. The summed E-state index contributed by atoms with van der Waals surface area (Å²) >= 11 is 0.986. The number of nitrogens with one attached hydrogen (secondary N) is 1. The molecule has 0 spiro atoms. The van der Waals surface area contributed by atoms with Crippen LogP contribution in [0.4, 0.5) is 9.80 Å². The van der Waals surface area contributed by atoms with E-state index in [1.54, 1.807) is 10.3 Å². The highest BCUT2D eigenvalue weighted by atomic mass is 32.2. The maximum atomic E-state index is 14.1. The third kappa shape index (κ3) is 9.65. The van der Waals surface area contributed by atoms with E-state index in [0.717, 1.165) is 16.9 Å². The number of hydrogen-bond donors (Lipinski definition) is 3. The summed E-state index contributed by atoms with van der Waals surface area (Å²) in [5, 5.41) is 39.2. The quantitative estimate of drug-likeness (QED) is 0.0800. The smallest absolute Gasteiger partial charge is 0.324 e. The Morgan fingerprint density at radius 3 is 2.34 bits per heavy atom. The van der Waals surface area contributed by atoms with E-state index in [2.05, 4.69) is 10.5 Å². The summed E-state index contributed by atoms with van der Waals surface area (Å²) in [7, 11) is -4.08. The maximum absolute atomic E-state index is 14.1. The van der Waals surface area contributed by atoms with Crippen molar-refractivity contribution in [3.8, 4) is 0 Å². The Kier molecular flexibility index (Phi) is 13.1. The zero-order chi connectivity index (χ0) is 36.6. The third-order valence-electron chi connectivity index (χ3n) is 8.33. The van der Waals surface area contributed by atoms with Crippen LogP contribution in [0.15, 0.2) is 76.1 Å². The predicted molar refractivity (Wildman–Crippen MR) is 190 cm³/mol. The Balaban J connectivity index is 1.56. The zero-order valence-corrected chi connectivity index (χ0v) is 30.1. The molecular weight excluding hydrogens is 685 g/mol. The molecule has 0 saturated carbocycles. The van der Waals surface area contributed by atoms with Gasteiger partial charge in [0.25, 0.3) is 0 Å². The molecule has 50 heavy (non-hydrogen) atoms. The number of hydrogen-bond acceptors (Lipinski definition) is 10. The first kappa shape index (κ1) is 38.4. The minimum atomic E-state index is -4.08. The van der Waals surface area contributed by atoms with E-state index in [1.165, 1.54) is 45.8 Å². The van der Waals surface area contributed by atoms with Crippen LogP contribution in [0, 0.1) is 22.0 Å². The van der Waals surface area contributed by atoms with Crippen molar-refractivity contribution in [1.82, 2.24) is 19.4 Å². The number of nitro groups is 1. The number of amides is 3. The highest BCUT2D eigenvalue weighted by Crippen LogP contribution is 2.26. The van der Waals surface area contributed by atoms with E-state index in [4.69, 9.17) is 5.21 Å².